The summed E-state index contributed by atoms with van der Waals surface area (Å²) in [6.07, 6.45) is 6.20. The molecular formula is C17H24BrNO2. The second-order valence-electron chi connectivity index (χ2n) is 6.08. The van der Waals surface area contributed by atoms with E-state index in [0.717, 1.165) is 17.4 Å². The van der Waals surface area contributed by atoms with Gasteiger partial charge in [-0.15, -0.1) is 0 Å². The lowest BCUT2D eigenvalue weighted by Gasteiger charge is -2.35. The number of halogens is 1. The van der Waals surface area contributed by atoms with Crippen LogP contribution in [0.1, 0.15) is 48.0 Å². The third kappa shape index (κ3) is 4.00. The number of alkyl halides is 1. The zero-order chi connectivity index (χ0) is 15.3. The minimum Gasteiger partial charge on any atom is -0.496 e. The molecule has 1 aliphatic carbocycles. The predicted molar refractivity (Wildman–Crippen MR) is 89.4 cm³/mol. The SMILES string of the molecule is COc1ccc(C)cc1C(=O)NCC1(CBr)CCCCC1. The number of carbonyl (C=O) groups excluding carboxylic acids is 1. The molecule has 0 saturated heterocycles. The Morgan fingerprint density at radius 1 is 1.33 bits per heavy atom. The van der Waals surface area contributed by atoms with Crippen molar-refractivity contribution in [1.29, 1.82) is 0 Å². The molecule has 0 spiro atoms. The lowest BCUT2D eigenvalue weighted by molar-refractivity contribution is 0.0919. The lowest BCUT2D eigenvalue weighted by Crippen LogP contribution is -2.40. The number of carbonyl (C=O) groups is 1. The van der Waals surface area contributed by atoms with Crippen LogP contribution in [0.25, 0.3) is 0 Å². The van der Waals surface area contributed by atoms with E-state index in [9.17, 15) is 4.79 Å². The van der Waals surface area contributed by atoms with Crippen LogP contribution in [0.5, 0.6) is 5.75 Å². The number of aryl methyl sites for hydroxylation is 1. The van der Waals surface area contributed by atoms with Gasteiger partial charge in [0.25, 0.3) is 5.91 Å². The summed E-state index contributed by atoms with van der Waals surface area (Å²) in [5.41, 5.74) is 1.90. The van der Waals surface area contributed by atoms with Crippen molar-refractivity contribution >= 4 is 21.8 Å². The number of ether oxygens (including phenoxy) is 1. The van der Waals surface area contributed by atoms with Crippen molar-refractivity contribution in [1.82, 2.24) is 5.32 Å². The van der Waals surface area contributed by atoms with Gasteiger partial charge in [-0.05, 0) is 37.3 Å². The molecule has 1 aromatic carbocycles. The molecule has 1 fully saturated rings. The summed E-state index contributed by atoms with van der Waals surface area (Å²) >= 11 is 3.64. The molecule has 0 heterocycles. The molecule has 2 rings (SSSR count). The zero-order valence-electron chi connectivity index (χ0n) is 12.9. The molecule has 0 unspecified atom stereocenters. The van der Waals surface area contributed by atoms with Crippen molar-refractivity contribution in [2.45, 2.75) is 39.0 Å². The van der Waals surface area contributed by atoms with Gasteiger partial charge in [-0.2, -0.15) is 0 Å². The number of hydrogen-bond donors (Lipinski definition) is 1. The molecule has 1 amide bonds. The standard InChI is InChI=1S/C17H24BrNO2/c1-13-6-7-15(21-2)14(10-13)16(20)19-12-17(11-18)8-4-3-5-9-17/h6-7,10H,3-5,8-9,11-12H2,1-2H3,(H,19,20). The fourth-order valence-electron chi connectivity index (χ4n) is 3.02. The van der Waals surface area contributed by atoms with Crippen LogP contribution in [0.2, 0.25) is 0 Å². The van der Waals surface area contributed by atoms with Crippen molar-refractivity contribution in [2.24, 2.45) is 5.41 Å². The van der Waals surface area contributed by atoms with E-state index in [1.807, 2.05) is 25.1 Å². The van der Waals surface area contributed by atoms with Gasteiger partial charge in [0, 0.05) is 11.9 Å². The first-order chi connectivity index (χ1) is 10.1. The molecule has 1 aliphatic rings. The van der Waals surface area contributed by atoms with E-state index in [2.05, 4.69) is 21.2 Å². The Morgan fingerprint density at radius 2 is 2.05 bits per heavy atom. The molecule has 3 nitrogen and oxygen atoms in total. The quantitative estimate of drug-likeness (QED) is 0.810. The predicted octanol–water partition coefficient (Wildman–Crippen LogP) is 4.08. The summed E-state index contributed by atoms with van der Waals surface area (Å²) in [5.74, 6) is 0.594. The summed E-state index contributed by atoms with van der Waals surface area (Å²) in [6.45, 7) is 2.71. The molecule has 0 radical (unpaired) electrons. The van der Waals surface area contributed by atoms with Crippen molar-refractivity contribution in [3.8, 4) is 5.75 Å². The van der Waals surface area contributed by atoms with Crippen LogP contribution in [0.3, 0.4) is 0 Å². The Balaban J connectivity index is 2.06. The molecule has 116 valence electrons. The highest BCUT2D eigenvalue weighted by molar-refractivity contribution is 9.09. The van der Waals surface area contributed by atoms with Crippen molar-refractivity contribution in [3.05, 3.63) is 29.3 Å². The Kier molecular flexibility index (Phi) is 5.68. The molecule has 0 aliphatic heterocycles. The van der Waals surface area contributed by atoms with E-state index >= 15 is 0 Å². The molecule has 1 saturated carbocycles. The molecule has 1 N–H and O–H groups in total. The molecule has 0 aromatic heterocycles. The fraction of sp³-hybridized carbons (Fsp3) is 0.588. The van der Waals surface area contributed by atoms with E-state index in [1.54, 1.807) is 7.11 Å². The van der Waals surface area contributed by atoms with Crippen LogP contribution < -0.4 is 10.1 Å². The van der Waals surface area contributed by atoms with Gasteiger partial charge in [0.05, 0.1) is 12.7 Å². The van der Waals surface area contributed by atoms with E-state index in [1.165, 1.54) is 32.1 Å². The van der Waals surface area contributed by atoms with Crippen LogP contribution in [-0.4, -0.2) is 24.9 Å². The third-order valence-corrected chi connectivity index (χ3v) is 5.61. The normalized spacial score (nSPS) is 17.3. The Morgan fingerprint density at radius 3 is 2.67 bits per heavy atom. The maximum absolute atomic E-state index is 12.5. The second-order valence-corrected chi connectivity index (χ2v) is 6.64. The first kappa shape index (κ1) is 16.3. The topological polar surface area (TPSA) is 38.3 Å². The Labute approximate surface area is 135 Å². The van der Waals surface area contributed by atoms with E-state index < -0.39 is 0 Å². The van der Waals surface area contributed by atoms with Crippen LogP contribution in [0, 0.1) is 12.3 Å². The number of methoxy groups -OCH3 is 1. The highest BCUT2D eigenvalue weighted by Gasteiger charge is 2.31. The van der Waals surface area contributed by atoms with Crippen LogP contribution >= 0.6 is 15.9 Å². The molecule has 21 heavy (non-hydrogen) atoms. The Bertz CT molecular complexity index is 496. The molecule has 0 atom stereocenters. The van der Waals surface area contributed by atoms with Crippen molar-refractivity contribution in [3.63, 3.8) is 0 Å². The van der Waals surface area contributed by atoms with E-state index in [4.69, 9.17) is 4.74 Å². The maximum atomic E-state index is 12.5. The minimum absolute atomic E-state index is 0.0403. The highest BCUT2D eigenvalue weighted by atomic mass is 79.9. The summed E-state index contributed by atoms with van der Waals surface area (Å²) in [7, 11) is 1.60. The summed E-state index contributed by atoms with van der Waals surface area (Å²) in [5, 5.41) is 4.06. The van der Waals surface area contributed by atoms with Crippen LogP contribution in [0.4, 0.5) is 0 Å². The van der Waals surface area contributed by atoms with Gasteiger partial charge in [-0.25, -0.2) is 0 Å². The number of benzene rings is 1. The highest BCUT2D eigenvalue weighted by Crippen LogP contribution is 2.37. The second kappa shape index (κ2) is 7.30. The third-order valence-electron chi connectivity index (χ3n) is 4.42. The number of nitrogens with one attached hydrogen (secondary N) is 1. The fourth-order valence-corrected chi connectivity index (χ4v) is 3.78. The van der Waals surface area contributed by atoms with E-state index in [0.29, 0.717) is 11.3 Å². The minimum atomic E-state index is -0.0403. The van der Waals surface area contributed by atoms with Gasteiger partial charge >= 0.3 is 0 Å². The monoisotopic (exact) mass is 353 g/mol. The molecule has 4 heteroatoms. The number of rotatable bonds is 5. The van der Waals surface area contributed by atoms with Gasteiger partial charge in [-0.1, -0.05) is 46.8 Å². The summed E-state index contributed by atoms with van der Waals surface area (Å²) < 4.78 is 5.29. The van der Waals surface area contributed by atoms with Crippen LogP contribution in [0.15, 0.2) is 18.2 Å². The van der Waals surface area contributed by atoms with Crippen molar-refractivity contribution in [2.75, 3.05) is 19.0 Å². The molecule has 0 bridgehead atoms. The Hall–Kier alpha value is -1.03. The maximum Gasteiger partial charge on any atom is 0.255 e. The van der Waals surface area contributed by atoms with Gasteiger partial charge < -0.3 is 10.1 Å². The van der Waals surface area contributed by atoms with Gasteiger partial charge in [0.2, 0.25) is 0 Å². The number of amides is 1. The lowest BCUT2D eigenvalue weighted by atomic mass is 9.75. The molecular weight excluding hydrogens is 330 g/mol. The summed E-state index contributed by atoms with van der Waals surface area (Å²) in [4.78, 5) is 12.5. The van der Waals surface area contributed by atoms with E-state index in [-0.39, 0.29) is 11.3 Å². The molecule has 1 aromatic rings. The largest absolute Gasteiger partial charge is 0.496 e. The average Bonchev–Trinajstić information content (AvgIpc) is 2.53. The van der Waals surface area contributed by atoms with Gasteiger partial charge in [0.15, 0.2) is 0 Å². The average molecular weight is 354 g/mol. The van der Waals surface area contributed by atoms with Crippen LogP contribution in [-0.2, 0) is 0 Å². The summed E-state index contributed by atoms with van der Waals surface area (Å²) in [6, 6.07) is 5.69. The first-order valence-corrected chi connectivity index (χ1v) is 8.71. The van der Waals surface area contributed by atoms with Crippen molar-refractivity contribution < 1.29 is 9.53 Å². The van der Waals surface area contributed by atoms with Gasteiger partial charge in [-0.3, -0.25) is 4.79 Å². The van der Waals surface area contributed by atoms with Gasteiger partial charge in [0.1, 0.15) is 5.75 Å². The smallest absolute Gasteiger partial charge is 0.255 e. The zero-order valence-corrected chi connectivity index (χ0v) is 14.5. The first-order valence-electron chi connectivity index (χ1n) is 7.59. The number of hydrogen-bond acceptors (Lipinski definition) is 2.